The summed E-state index contributed by atoms with van der Waals surface area (Å²) in [6.45, 7) is 0. The molecule has 0 spiro atoms. The van der Waals surface area contributed by atoms with Crippen molar-refractivity contribution < 1.29 is 4.79 Å². The number of imidazole rings is 1. The second kappa shape index (κ2) is 5.45. The summed E-state index contributed by atoms with van der Waals surface area (Å²) in [5.41, 5.74) is 3.77. The molecule has 1 amide bonds. The van der Waals surface area contributed by atoms with Gasteiger partial charge < -0.3 is 9.88 Å². The molecule has 7 heteroatoms. The summed E-state index contributed by atoms with van der Waals surface area (Å²) < 4.78 is 1.87. The zero-order valence-corrected chi connectivity index (χ0v) is 12.0. The van der Waals surface area contributed by atoms with Crippen LogP contribution in [0.4, 0.5) is 11.4 Å². The van der Waals surface area contributed by atoms with Gasteiger partial charge in [-0.3, -0.25) is 9.79 Å². The Balaban J connectivity index is 1.79. The number of benzene rings is 1. The van der Waals surface area contributed by atoms with Gasteiger partial charge in [-0.2, -0.15) is 10.2 Å². The predicted octanol–water partition coefficient (Wildman–Crippen LogP) is 2.13. The Morgan fingerprint density at radius 1 is 1.13 bits per heavy atom. The Labute approximate surface area is 131 Å². The van der Waals surface area contributed by atoms with E-state index < -0.39 is 0 Å². The highest BCUT2D eigenvalue weighted by Gasteiger charge is 2.17. The molecule has 3 aromatic rings. The number of carbonyl (C=O) groups excluding carboxylic acids is 1. The van der Waals surface area contributed by atoms with E-state index in [1.165, 1.54) is 0 Å². The Bertz CT molecular complexity index is 886. The molecule has 0 radical (unpaired) electrons. The molecule has 0 unspecified atom stereocenters. The van der Waals surface area contributed by atoms with Crippen LogP contribution < -0.4 is 5.32 Å². The van der Waals surface area contributed by atoms with Crippen molar-refractivity contribution >= 4 is 23.0 Å². The van der Waals surface area contributed by atoms with Crippen molar-refractivity contribution in [3.8, 4) is 5.69 Å². The first-order chi connectivity index (χ1) is 11.3. The predicted molar refractivity (Wildman–Crippen MR) is 85.0 cm³/mol. The maximum Gasteiger partial charge on any atom is 0.230 e. The first-order valence-corrected chi connectivity index (χ1v) is 7.06. The van der Waals surface area contributed by atoms with Crippen LogP contribution in [-0.2, 0) is 4.79 Å². The average molecular weight is 304 g/mol. The van der Waals surface area contributed by atoms with Gasteiger partial charge in [0.1, 0.15) is 0 Å². The molecule has 2 aromatic heterocycles. The Morgan fingerprint density at radius 3 is 2.87 bits per heavy atom. The molecule has 3 heterocycles. The van der Waals surface area contributed by atoms with E-state index in [0.29, 0.717) is 17.1 Å². The molecule has 1 aliphatic heterocycles. The van der Waals surface area contributed by atoms with Crippen LogP contribution in [-0.4, -0.2) is 31.4 Å². The van der Waals surface area contributed by atoms with Gasteiger partial charge in [-0.1, -0.05) is 0 Å². The van der Waals surface area contributed by atoms with Gasteiger partial charge in [0.15, 0.2) is 0 Å². The number of hydrogen-bond donors (Lipinski definition) is 1. The van der Waals surface area contributed by atoms with Crippen LogP contribution in [0.3, 0.4) is 0 Å². The third-order valence-corrected chi connectivity index (χ3v) is 3.56. The lowest BCUT2D eigenvalue weighted by molar-refractivity contribution is -0.115. The summed E-state index contributed by atoms with van der Waals surface area (Å²) in [5.74, 6) is -0.109. The van der Waals surface area contributed by atoms with Crippen molar-refractivity contribution in [1.82, 2.24) is 19.7 Å². The number of aliphatic imine (C=N–C) groups is 1. The number of carbonyl (C=O) groups is 1. The SMILES string of the molecule is O=C1CC(c2ccnnc2)=Nc2ccc(-n3ccnc3)cc2N1. The second-order valence-electron chi connectivity index (χ2n) is 5.09. The fraction of sp³-hybridized carbons (Fsp3) is 0.0625. The van der Waals surface area contributed by atoms with Gasteiger partial charge in [0.2, 0.25) is 5.91 Å². The van der Waals surface area contributed by atoms with Gasteiger partial charge >= 0.3 is 0 Å². The van der Waals surface area contributed by atoms with Crippen molar-refractivity contribution in [2.45, 2.75) is 6.42 Å². The minimum Gasteiger partial charge on any atom is -0.324 e. The molecule has 0 fully saturated rings. The highest BCUT2D eigenvalue weighted by atomic mass is 16.1. The van der Waals surface area contributed by atoms with E-state index in [9.17, 15) is 4.79 Å². The van der Waals surface area contributed by atoms with E-state index in [4.69, 9.17) is 0 Å². The molecule has 1 aliphatic rings. The summed E-state index contributed by atoms with van der Waals surface area (Å²) in [6, 6.07) is 7.49. The van der Waals surface area contributed by atoms with Gasteiger partial charge in [0.25, 0.3) is 0 Å². The monoisotopic (exact) mass is 304 g/mol. The number of fused-ring (bicyclic) bond motifs is 1. The third-order valence-electron chi connectivity index (χ3n) is 3.56. The van der Waals surface area contributed by atoms with Crippen molar-refractivity contribution in [2.75, 3.05) is 5.32 Å². The van der Waals surface area contributed by atoms with Crippen molar-refractivity contribution in [3.05, 3.63) is 60.9 Å². The number of hydrogen-bond acceptors (Lipinski definition) is 5. The first-order valence-electron chi connectivity index (χ1n) is 7.06. The second-order valence-corrected chi connectivity index (χ2v) is 5.09. The summed E-state index contributed by atoms with van der Waals surface area (Å²) in [6.07, 6.45) is 8.65. The van der Waals surface area contributed by atoms with Gasteiger partial charge in [0.05, 0.1) is 42.2 Å². The van der Waals surface area contributed by atoms with E-state index >= 15 is 0 Å². The molecule has 0 bridgehead atoms. The van der Waals surface area contributed by atoms with Crippen molar-refractivity contribution in [2.24, 2.45) is 4.99 Å². The fourth-order valence-corrected chi connectivity index (χ4v) is 2.45. The Kier molecular flexibility index (Phi) is 3.16. The van der Waals surface area contributed by atoms with E-state index in [2.05, 4.69) is 25.5 Å². The van der Waals surface area contributed by atoms with Crippen LogP contribution in [0.15, 0.2) is 60.4 Å². The van der Waals surface area contributed by atoms with Crippen LogP contribution in [0.2, 0.25) is 0 Å². The van der Waals surface area contributed by atoms with E-state index in [0.717, 1.165) is 11.3 Å². The standard InChI is InChI=1S/C16H12N6O/c23-16-8-14(11-3-4-18-19-9-11)20-13-2-1-12(7-15(13)21-16)22-6-5-17-10-22/h1-7,9-10H,8H2,(H,21,23). The summed E-state index contributed by atoms with van der Waals surface area (Å²) in [4.78, 5) is 20.8. The summed E-state index contributed by atoms with van der Waals surface area (Å²) in [5, 5.41) is 10.5. The number of nitrogens with one attached hydrogen (secondary N) is 1. The highest BCUT2D eigenvalue weighted by molar-refractivity contribution is 6.16. The molecule has 0 saturated heterocycles. The van der Waals surface area contributed by atoms with Crippen LogP contribution >= 0.6 is 0 Å². The van der Waals surface area contributed by atoms with E-state index in [1.807, 2.05) is 29.0 Å². The normalized spacial score (nSPS) is 13.7. The number of anilines is 1. The van der Waals surface area contributed by atoms with Crippen LogP contribution in [0.1, 0.15) is 12.0 Å². The molecule has 1 aromatic carbocycles. The quantitative estimate of drug-likeness (QED) is 0.786. The molecule has 0 saturated carbocycles. The van der Waals surface area contributed by atoms with Crippen molar-refractivity contribution in [3.63, 3.8) is 0 Å². The van der Waals surface area contributed by atoms with Gasteiger partial charge in [-0.25, -0.2) is 4.98 Å². The Hall–Kier alpha value is -3.35. The zero-order chi connectivity index (χ0) is 15.6. The smallest absolute Gasteiger partial charge is 0.230 e. The lowest BCUT2D eigenvalue weighted by Crippen LogP contribution is -2.15. The van der Waals surface area contributed by atoms with Gasteiger partial charge in [-0.05, 0) is 24.3 Å². The number of aromatic nitrogens is 4. The first kappa shape index (κ1) is 13.3. The van der Waals surface area contributed by atoms with E-state index in [-0.39, 0.29) is 12.3 Å². The van der Waals surface area contributed by atoms with Gasteiger partial charge in [0, 0.05) is 23.6 Å². The van der Waals surface area contributed by atoms with Gasteiger partial charge in [-0.15, -0.1) is 0 Å². The number of rotatable bonds is 2. The minimum atomic E-state index is -0.109. The van der Waals surface area contributed by atoms with E-state index in [1.54, 1.807) is 31.0 Å². The molecular formula is C16H12N6O. The molecule has 112 valence electrons. The maximum absolute atomic E-state index is 12.2. The molecule has 0 aliphatic carbocycles. The molecular weight excluding hydrogens is 292 g/mol. The molecule has 4 rings (SSSR count). The van der Waals surface area contributed by atoms with Crippen LogP contribution in [0.5, 0.6) is 0 Å². The minimum absolute atomic E-state index is 0.109. The maximum atomic E-state index is 12.2. The molecule has 23 heavy (non-hydrogen) atoms. The van der Waals surface area contributed by atoms with Crippen molar-refractivity contribution in [1.29, 1.82) is 0 Å². The lowest BCUT2D eigenvalue weighted by Gasteiger charge is -2.08. The topological polar surface area (TPSA) is 85.1 Å². The fourth-order valence-electron chi connectivity index (χ4n) is 2.45. The third kappa shape index (κ3) is 2.59. The highest BCUT2D eigenvalue weighted by Crippen LogP contribution is 2.31. The van der Waals surface area contributed by atoms with Crippen LogP contribution in [0.25, 0.3) is 5.69 Å². The molecule has 0 atom stereocenters. The summed E-state index contributed by atoms with van der Waals surface area (Å²) >= 11 is 0. The Morgan fingerprint density at radius 2 is 2.09 bits per heavy atom. The lowest BCUT2D eigenvalue weighted by atomic mass is 10.1. The largest absolute Gasteiger partial charge is 0.324 e. The zero-order valence-electron chi connectivity index (χ0n) is 12.0. The number of amides is 1. The van der Waals surface area contributed by atoms with Crippen LogP contribution in [0, 0.1) is 0 Å². The number of nitrogens with zero attached hydrogens (tertiary/aromatic N) is 5. The molecule has 7 nitrogen and oxygen atoms in total. The average Bonchev–Trinajstić information content (AvgIpc) is 3.05. The molecule has 1 N–H and O–H groups in total. The summed E-state index contributed by atoms with van der Waals surface area (Å²) in [7, 11) is 0.